The predicted molar refractivity (Wildman–Crippen MR) is 45.9 cm³/mol. The molecule has 0 unspecified atom stereocenters. The van der Waals surface area contributed by atoms with Gasteiger partial charge in [-0.1, -0.05) is 0 Å². The molecule has 0 radical (unpaired) electrons. The average Bonchev–Trinajstić information content (AvgIpc) is 2.30. The second-order valence-electron chi connectivity index (χ2n) is 3.16. The molecule has 5 heteroatoms. The van der Waals surface area contributed by atoms with Crippen LogP contribution in [0.2, 0.25) is 0 Å². The lowest BCUT2D eigenvalue weighted by atomic mass is 10.2. The number of hydrogen-bond acceptors (Lipinski definition) is 2. The zero-order valence-corrected chi connectivity index (χ0v) is 7.77. The van der Waals surface area contributed by atoms with Gasteiger partial charge in [0.05, 0.1) is 14.1 Å². The first-order valence-corrected chi connectivity index (χ1v) is 3.99. The lowest BCUT2D eigenvalue weighted by Crippen LogP contribution is -2.33. The van der Waals surface area contributed by atoms with E-state index in [-0.39, 0.29) is 0 Å². The Morgan fingerprint density at radius 2 is 2.46 bits per heavy atom. The van der Waals surface area contributed by atoms with Crippen molar-refractivity contribution in [3.05, 3.63) is 18.2 Å². The lowest BCUT2D eigenvalue weighted by Gasteiger charge is -2.02. The van der Waals surface area contributed by atoms with Crippen molar-refractivity contribution in [2.45, 2.75) is 12.5 Å². The van der Waals surface area contributed by atoms with E-state index in [1.165, 1.54) is 0 Å². The van der Waals surface area contributed by atoms with Crippen LogP contribution in [0, 0.1) is 0 Å². The van der Waals surface area contributed by atoms with E-state index in [2.05, 4.69) is 0 Å². The lowest BCUT2D eigenvalue weighted by molar-refractivity contribution is -0.671. The first-order valence-electron chi connectivity index (χ1n) is 3.99. The maximum absolute atomic E-state index is 10.5. The second kappa shape index (κ2) is 3.57. The van der Waals surface area contributed by atoms with Crippen LogP contribution in [-0.2, 0) is 25.3 Å². The summed E-state index contributed by atoms with van der Waals surface area (Å²) in [4.78, 5) is 10.5. The van der Waals surface area contributed by atoms with Crippen LogP contribution >= 0.6 is 0 Å². The number of nitrogens with zero attached hydrogens (tertiary/aromatic N) is 2. The molecule has 0 spiro atoms. The number of carbonyl (C=O) groups is 1. The summed E-state index contributed by atoms with van der Waals surface area (Å²) >= 11 is 0. The summed E-state index contributed by atoms with van der Waals surface area (Å²) in [5.41, 5.74) is 6.32. The molecule has 13 heavy (non-hydrogen) atoms. The van der Waals surface area contributed by atoms with E-state index in [0.717, 1.165) is 5.69 Å². The minimum Gasteiger partial charge on any atom is -0.480 e. The smallest absolute Gasteiger partial charge is 0.320 e. The molecule has 0 fully saturated rings. The van der Waals surface area contributed by atoms with Crippen LogP contribution < -0.4 is 10.3 Å². The number of aryl methyl sites for hydroxylation is 2. The number of hydrogen-bond donors (Lipinski definition) is 2. The molecule has 0 aliphatic carbocycles. The van der Waals surface area contributed by atoms with Crippen molar-refractivity contribution in [1.82, 2.24) is 4.57 Å². The first-order chi connectivity index (χ1) is 6.00. The van der Waals surface area contributed by atoms with Gasteiger partial charge in [0.25, 0.3) is 0 Å². The molecular formula is C8H14N3O2+. The Morgan fingerprint density at radius 3 is 2.85 bits per heavy atom. The standard InChI is InChI=1S/C8H13N3O2/c1-10-4-6(11(2)5-10)3-7(9)8(12)13/h4-5,7H,3,9H2,1-2H3/p+1/t7-/m0/s1. The number of rotatable bonds is 3. The molecule has 0 amide bonds. The molecule has 72 valence electrons. The Labute approximate surface area is 76.4 Å². The molecule has 5 nitrogen and oxygen atoms in total. The summed E-state index contributed by atoms with van der Waals surface area (Å²) in [7, 11) is 3.75. The van der Waals surface area contributed by atoms with Gasteiger partial charge in [-0.25, -0.2) is 9.13 Å². The Kier molecular flexibility index (Phi) is 2.67. The largest absolute Gasteiger partial charge is 0.480 e. The maximum atomic E-state index is 10.5. The molecule has 1 atom stereocenters. The van der Waals surface area contributed by atoms with Gasteiger partial charge in [0.2, 0.25) is 6.33 Å². The highest BCUT2D eigenvalue weighted by molar-refractivity contribution is 5.73. The van der Waals surface area contributed by atoms with Crippen LogP contribution in [-0.4, -0.2) is 21.7 Å². The number of aliphatic carboxylic acids is 1. The molecular weight excluding hydrogens is 170 g/mol. The van der Waals surface area contributed by atoms with Gasteiger partial charge in [0.1, 0.15) is 17.9 Å². The van der Waals surface area contributed by atoms with Crippen LogP contribution in [0.25, 0.3) is 0 Å². The summed E-state index contributed by atoms with van der Waals surface area (Å²) in [6.07, 6.45) is 4.08. The number of carboxylic acids is 1. The molecule has 0 saturated heterocycles. The number of imidazole rings is 1. The van der Waals surface area contributed by atoms with Gasteiger partial charge in [-0.15, -0.1) is 0 Å². The quantitative estimate of drug-likeness (QED) is 0.580. The van der Waals surface area contributed by atoms with Crippen molar-refractivity contribution < 1.29 is 14.5 Å². The van der Waals surface area contributed by atoms with E-state index in [4.69, 9.17) is 10.8 Å². The van der Waals surface area contributed by atoms with E-state index in [1.807, 2.05) is 35.8 Å². The van der Waals surface area contributed by atoms with Gasteiger partial charge < -0.3 is 10.8 Å². The Balaban J connectivity index is 2.74. The van der Waals surface area contributed by atoms with Gasteiger partial charge in [-0.3, -0.25) is 4.79 Å². The first kappa shape index (κ1) is 9.73. The SMILES string of the molecule is Cn1c[n+](C)cc1C[C@H](N)C(=O)O. The van der Waals surface area contributed by atoms with Crippen LogP contribution in [0.4, 0.5) is 0 Å². The molecule has 1 aromatic heterocycles. The molecule has 0 bridgehead atoms. The minimum absolute atomic E-state index is 0.354. The van der Waals surface area contributed by atoms with Gasteiger partial charge in [-0.2, -0.15) is 0 Å². The predicted octanol–water partition coefficient (Wildman–Crippen LogP) is -1.20. The monoisotopic (exact) mass is 184 g/mol. The second-order valence-corrected chi connectivity index (χ2v) is 3.16. The molecule has 0 aromatic carbocycles. The van der Waals surface area contributed by atoms with E-state index < -0.39 is 12.0 Å². The molecule has 1 aromatic rings. The van der Waals surface area contributed by atoms with Crippen molar-refractivity contribution in [2.24, 2.45) is 19.8 Å². The summed E-state index contributed by atoms with van der Waals surface area (Å²) in [5.74, 6) is -0.969. The van der Waals surface area contributed by atoms with E-state index in [1.54, 1.807) is 0 Å². The topological polar surface area (TPSA) is 72.1 Å². The van der Waals surface area contributed by atoms with Gasteiger partial charge >= 0.3 is 5.97 Å². The summed E-state index contributed by atoms with van der Waals surface area (Å²) in [6, 6.07) is -0.825. The van der Waals surface area contributed by atoms with Crippen LogP contribution in [0.3, 0.4) is 0 Å². The van der Waals surface area contributed by atoms with Crippen molar-refractivity contribution in [3.8, 4) is 0 Å². The normalized spacial score (nSPS) is 12.8. The van der Waals surface area contributed by atoms with Crippen LogP contribution in [0.5, 0.6) is 0 Å². The third-order valence-electron chi connectivity index (χ3n) is 1.91. The van der Waals surface area contributed by atoms with Crippen LogP contribution in [0.1, 0.15) is 5.69 Å². The fourth-order valence-corrected chi connectivity index (χ4v) is 1.22. The van der Waals surface area contributed by atoms with E-state index in [9.17, 15) is 4.79 Å². The molecule has 3 N–H and O–H groups in total. The molecule has 0 saturated carbocycles. The van der Waals surface area contributed by atoms with Crippen molar-refractivity contribution in [2.75, 3.05) is 0 Å². The highest BCUT2D eigenvalue weighted by Crippen LogP contribution is 1.98. The van der Waals surface area contributed by atoms with E-state index in [0.29, 0.717) is 6.42 Å². The third-order valence-corrected chi connectivity index (χ3v) is 1.91. The highest BCUT2D eigenvalue weighted by Gasteiger charge is 2.17. The number of aromatic nitrogens is 2. The Morgan fingerprint density at radius 1 is 1.85 bits per heavy atom. The third kappa shape index (κ3) is 2.29. The fourth-order valence-electron chi connectivity index (χ4n) is 1.22. The minimum atomic E-state index is -0.969. The summed E-state index contributed by atoms with van der Waals surface area (Å²) in [6.45, 7) is 0. The zero-order chi connectivity index (χ0) is 10.0. The van der Waals surface area contributed by atoms with Crippen LogP contribution in [0.15, 0.2) is 12.5 Å². The van der Waals surface area contributed by atoms with Gasteiger partial charge in [-0.05, 0) is 0 Å². The van der Waals surface area contributed by atoms with Gasteiger partial charge in [0.15, 0.2) is 0 Å². The zero-order valence-electron chi connectivity index (χ0n) is 7.77. The Bertz CT molecular complexity index is 319. The Hall–Kier alpha value is -1.36. The molecule has 0 aliphatic heterocycles. The highest BCUT2D eigenvalue weighted by atomic mass is 16.4. The van der Waals surface area contributed by atoms with Crippen molar-refractivity contribution in [1.29, 1.82) is 0 Å². The van der Waals surface area contributed by atoms with Crippen molar-refractivity contribution >= 4 is 5.97 Å². The average molecular weight is 184 g/mol. The van der Waals surface area contributed by atoms with Crippen molar-refractivity contribution in [3.63, 3.8) is 0 Å². The molecule has 1 rings (SSSR count). The van der Waals surface area contributed by atoms with Gasteiger partial charge in [0, 0.05) is 6.42 Å². The summed E-state index contributed by atoms with van der Waals surface area (Å²) in [5, 5.41) is 8.60. The summed E-state index contributed by atoms with van der Waals surface area (Å²) < 4.78 is 3.73. The number of nitrogens with two attached hydrogens (primary N) is 1. The number of carboxylic acid groups (broad SMARTS) is 1. The molecule has 1 heterocycles. The molecule has 0 aliphatic rings. The maximum Gasteiger partial charge on any atom is 0.320 e. The van der Waals surface area contributed by atoms with E-state index >= 15 is 0 Å². The fraction of sp³-hybridized carbons (Fsp3) is 0.500.